The zero-order chi connectivity index (χ0) is 6.50. The monoisotopic (exact) mass is 160 g/mol. The van der Waals surface area contributed by atoms with Gasteiger partial charge in [0.15, 0.2) is 0 Å². The number of phosphoric acid groups is 1. The van der Waals surface area contributed by atoms with Crippen molar-refractivity contribution in [2.24, 2.45) is 0 Å². The summed E-state index contributed by atoms with van der Waals surface area (Å²) < 4.78 is 8.88. The van der Waals surface area contributed by atoms with Crippen LogP contribution in [0.5, 0.6) is 0 Å². The highest BCUT2D eigenvalue weighted by Gasteiger charge is 2.00. The molecule has 0 unspecified atom stereocenters. The summed E-state index contributed by atoms with van der Waals surface area (Å²) in [6.07, 6.45) is 0. The maximum atomic E-state index is 8.88. The quantitative estimate of drug-likeness (QED) is 0.256. The molecule has 0 aromatic rings. The molecule has 0 bridgehead atoms. The van der Waals surface area contributed by atoms with E-state index in [4.69, 9.17) is 19.2 Å². The Morgan fingerprint density at radius 1 is 1.14 bits per heavy atom. The molecule has 0 aliphatic rings. The predicted octanol–water partition coefficient (Wildman–Crippen LogP) is -3.30. The van der Waals surface area contributed by atoms with E-state index in [2.05, 4.69) is 0 Å². The average molecular weight is 160 g/mol. The average Bonchev–Trinajstić information content (AvgIpc) is 1.36. The van der Waals surface area contributed by atoms with Gasteiger partial charge < -0.3 is 14.7 Å². The second-order valence-electron chi connectivity index (χ2n) is 0.513. The fourth-order valence-corrected chi connectivity index (χ4v) is 0. The molecule has 46 valence electrons. The highest BCUT2D eigenvalue weighted by Crippen LogP contribution is 2.25. The smallest absolute Gasteiger partial charge is 0.303 e. The molecule has 0 fully saturated rings. The van der Waals surface area contributed by atoms with Crippen LogP contribution >= 0.6 is 7.82 Å². The lowest BCUT2D eigenvalue weighted by Gasteiger charge is -1.82. The first-order valence-electron chi connectivity index (χ1n) is 1.78. The first kappa shape index (κ1) is 10.5. The van der Waals surface area contributed by atoms with Gasteiger partial charge in [0.1, 0.15) is 0 Å². The van der Waals surface area contributed by atoms with Gasteiger partial charge in [-0.15, -0.1) is 0 Å². The van der Waals surface area contributed by atoms with E-state index in [0.717, 1.165) is 0 Å². The van der Waals surface area contributed by atoms with Gasteiger partial charge in [-0.25, -0.2) is 4.57 Å². The largest absolute Gasteiger partial charge is 0.466 e. The van der Waals surface area contributed by atoms with Crippen LogP contribution in [-0.2, 0) is 4.57 Å². The van der Waals surface area contributed by atoms with Crippen LogP contribution in [-0.4, -0.2) is 34.2 Å². The van der Waals surface area contributed by atoms with Crippen LogP contribution in [0.15, 0.2) is 0 Å². The summed E-state index contributed by atoms with van der Waals surface area (Å²) in [7, 11) is -1.75. The highest BCUT2D eigenvalue weighted by atomic mass is 31.2. The molecule has 0 rings (SSSR count). The van der Waals surface area contributed by atoms with Crippen LogP contribution in [0.1, 0.15) is 0 Å². The Bertz CT molecular complexity index is 55.8. The van der Waals surface area contributed by atoms with E-state index < -0.39 is 7.82 Å². The Hall–Kier alpha value is 0.544. The Kier molecular flexibility index (Phi) is 7.05. The molecule has 0 aromatic carbocycles. The molecular weight excluding hydrogens is 151 g/mol. The van der Waals surface area contributed by atoms with Crippen molar-refractivity contribution < 1.29 is 19.2 Å². The lowest BCUT2D eigenvalue weighted by molar-refractivity contribution is 0.275. The Balaban J connectivity index is 0. The third-order valence-electron chi connectivity index (χ3n) is 0. The van der Waals surface area contributed by atoms with E-state index in [0.29, 0.717) is 0 Å². The van der Waals surface area contributed by atoms with Gasteiger partial charge >= 0.3 is 7.82 Å². The van der Waals surface area contributed by atoms with Gasteiger partial charge in [0.2, 0.25) is 0 Å². The maximum Gasteiger partial charge on any atom is 0.466 e. The first-order valence-corrected chi connectivity index (χ1v) is 11.3. The second-order valence-corrected chi connectivity index (χ2v) is 1.54. The summed E-state index contributed by atoms with van der Waals surface area (Å²) in [6.45, 7) is 0. The molecule has 0 aliphatic heterocycles. The van der Waals surface area contributed by atoms with E-state index >= 15 is 0 Å². The second kappa shape index (κ2) is 4.70. The summed E-state index contributed by atoms with van der Waals surface area (Å²) in [6, 6.07) is 0. The first-order chi connectivity index (χ1) is 3.00. The van der Waals surface area contributed by atoms with Crippen LogP contribution in [0, 0.1) is 0 Å². The normalized spacial score (nSPS) is 10.1. The minimum atomic E-state index is -4.64. The van der Waals surface area contributed by atoms with Crippen molar-refractivity contribution in [3.8, 4) is 0 Å². The van der Waals surface area contributed by atoms with Crippen LogP contribution in [0.3, 0.4) is 0 Å². The van der Waals surface area contributed by atoms with Gasteiger partial charge in [-0.1, -0.05) is 0 Å². The molecule has 7 heavy (non-hydrogen) atoms. The highest BCUT2D eigenvalue weighted by molar-refractivity contribution is 7.45. The van der Waals surface area contributed by atoms with Crippen LogP contribution in [0.25, 0.3) is 0 Å². The van der Waals surface area contributed by atoms with Crippen molar-refractivity contribution in [1.82, 2.24) is 0 Å². The Labute approximate surface area is 47.4 Å². The maximum absolute atomic E-state index is 8.88. The van der Waals surface area contributed by atoms with Gasteiger partial charge in [0.25, 0.3) is 0 Å². The zero-order valence-corrected chi connectivity index (χ0v) is 9.09. The molecule has 7 heteroatoms. The molecule has 4 nitrogen and oxygen atoms in total. The Morgan fingerprint density at radius 3 is 1.14 bits per heavy atom. The van der Waals surface area contributed by atoms with Gasteiger partial charge in [0, 0.05) is 0 Å². The minimum absolute atomic E-state index is 1.44. The zero-order valence-electron chi connectivity index (χ0n) is 4.20. The van der Waals surface area contributed by atoms with Crippen molar-refractivity contribution in [1.29, 1.82) is 0 Å². The van der Waals surface area contributed by atoms with Crippen molar-refractivity contribution >= 4 is 27.3 Å². The molecule has 0 spiro atoms. The van der Waals surface area contributed by atoms with Gasteiger partial charge in [-0.3, -0.25) is 0 Å². The molecule has 3 N–H and O–H groups in total. The molecule has 0 amide bonds. The standard InChI is InChI=1S/H3O4P.H6Si2/c1-5(2,3)4;1-2/h(H3,1,2,3,4);1-2H3. The molecular formula is H9O4PSi2. The lowest BCUT2D eigenvalue weighted by Crippen LogP contribution is -1.66. The molecule has 0 aliphatic carbocycles. The fourth-order valence-electron chi connectivity index (χ4n) is 0. The molecule has 0 radical (unpaired) electrons. The van der Waals surface area contributed by atoms with Crippen LogP contribution in [0.2, 0.25) is 0 Å². The topological polar surface area (TPSA) is 77.8 Å². The van der Waals surface area contributed by atoms with Crippen LogP contribution < -0.4 is 0 Å². The number of rotatable bonds is 0. The van der Waals surface area contributed by atoms with Crippen molar-refractivity contribution in [2.75, 3.05) is 0 Å². The van der Waals surface area contributed by atoms with Gasteiger partial charge in [-0.2, -0.15) is 0 Å². The summed E-state index contributed by atoms with van der Waals surface area (Å²) >= 11 is 0. The molecule has 0 atom stereocenters. The third kappa shape index (κ3) is 457. The SMILES string of the molecule is O=P(O)(O)O.[SiH3][SiH3]. The number of hydrogen-bond acceptors (Lipinski definition) is 1. The van der Waals surface area contributed by atoms with E-state index in [9.17, 15) is 0 Å². The molecule has 0 saturated carbocycles. The van der Waals surface area contributed by atoms with Gasteiger partial charge in [-0.05, 0) is 19.5 Å². The molecule has 0 aromatic heterocycles. The van der Waals surface area contributed by atoms with Crippen molar-refractivity contribution in [3.63, 3.8) is 0 Å². The summed E-state index contributed by atoms with van der Waals surface area (Å²) in [4.78, 5) is 21.6. The summed E-state index contributed by atoms with van der Waals surface area (Å²) in [5, 5.41) is 0. The van der Waals surface area contributed by atoms with Crippen LogP contribution in [0.4, 0.5) is 0 Å². The Morgan fingerprint density at radius 2 is 1.14 bits per heavy atom. The minimum Gasteiger partial charge on any atom is -0.303 e. The number of hydrogen-bond donors (Lipinski definition) is 3. The predicted molar refractivity (Wildman–Crippen MR) is 34.1 cm³/mol. The van der Waals surface area contributed by atoms with E-state index in [1.807, 2.05) is 0 Å². The van der Waals surface area contributed by atoms with Crippen molar-refractivity contribution in [3.05, 3.63) is 0 Å². The van der Waals surface area contributed by atoms with E-state index in [1.54, 1.807) is 0 Å². The third-order valence-corrected chi connectivity index (χ3v) is 0. The fraction of sp³-hybridized carbons (Fsp3) is 0. The summed E-state index contributed by atoms with van der Waals surface area (Å²) in [5.74, 6) is 0. The van der Waals surface area contributed by atoms with E-state index in [-0.39, 0.29) is 0 Å². The molecule has 0 heterocycles. The van der Waals surface area contributed by atoms with Crippen molar-refractivity contribution in [2.45, 2.75) is 0 Å². The van der Waals surface area contributed by atoms with Gasteiger partial charge in [0.05, 0.1) is 0 Å². The summed E-state index contributed by atoms with van der Waals surface area (Å²) in [5.41, 5.74) is 0. The van der Waals surface area contributed by atoms with E-state index in [1.165, 1.54) is 19.5 Å². The molecule has 0 saturated heterocycles. The lowest BCUT2D eigenvalue weighted by atomic mass is 15.8.